The monoisotopic (exact) mass is 645 g/mol. The van der Waals surface area contributed by atoms with E-state index in [0.717, 1.165) is 11.1 Å². The van der Waals surface area contributed by atoms with Crippen LogP contribution in [0.4, 0.5) is 39.5 Å². The SMILES string of the molecule is Cc1cc([CH]=[Co]2[NH]C3CCCCC3[NH]2)c(O)c(C(C)(C)c2ccccc2)c1.OC(F)(F)C(F)(C(F)(F)F)C(F)(F)F. The average molecular weight is 645 g/mol. The number of nitrogens with one attached hydrogen (secondary N) is 2. The molecule has 4 N–H and O–H groups in total. The minimum absolute atomic E-state index is 0.253. The summed E-state index contributed by atoms with van der Waals surface area (Å²) in [5.74, 6) is 0.412. The Kier molecular flexibility index (Phi) is 9.66. The normalized spacial score (nSPS) is 21.1. The van der Waals surface area contributed by atoms with E-state index >= 15 is 0 Å². The number of fused-ring (bicyclic) bond motifs is 1. The Morgan fingerprint density at radius 3 is 1.73 bits per heavy atom. The molecule has 2 atom stereocenters. The third kappa shape index (κ3) is 6.93. The van der Waals surface area contributed by atoms with Crippen LogP contribution in [0.2, 0.25) is 0 Å². The van der Waals surface area contributed by atoms with Crippen LogP contribution in [0.15, 0.2) is 42.5 Å². The molecule has 0 aromatic heterocycles. The van der Waals surface area contributed by atoms with Crippen LogP contribution < -0.4 is 8.73 Å². The molecule has 2 unspecified atom stereocenters. The fourth-order valence-corrected chi connectivity index (χ4v) is 7.05. The van der Waals surface area contributed by atoms with Crippen molar-refractivity contribution in [2.75, 3.05) is 0 Å². The maximum atomic E-state index is 12.1. The van der Waals surface area contributed by atoms with Gasteiger partial charge in [0.1, 0.15) is 0 Å². The van der Waals surface area contributed by atoms with Crippen molar-refractivity contribution in [3.05, 3.63) is 64.7 Å². The van der Waals surface area contributed by atoms with Gasteiger partial charge < -0.3 is 5.11 Å². The number of aryl methyl sites for hydroxylation is 1. The first-order valence-corrected chi connectivity index (χ1v) is 14.1. The number of hydrogen-bond acceptors (Lipinski definition) is 4. The molecule has 2 aromatic carbocycles. The maximum absolute atomic E-state index is 12.1. The van der Waals surface area contributed by atoms with Gasteiger partial charge in [0.05, 0.1) is 0 Å². The van der Waals surface area contributed by atoms with E-state index in [9.17, 15) is 44.6 Å². The minimum Gasteiger partial charge on any atom is -0.333 e. The molecule has 2 aliphatic rings. The molecule has 4 rings (SSSR count). The Morgan fingerprint density at radius 1 is 0.829 bits per heavy atom. The number of phenols is 1. The molecule has 1 saturated carbocycles. The molecule has 2 aromatic rings. The van der Waals surface area contributed by atoms with E-state index in [4.69, 9.17) is 5.11 Å². The molecule has 2 fully saturated rings. The Hall–Kier alpha value is -2.13. The van der Waals surface area contributed by atoms with E-state index < -0.39 is 37.8 Å². The fraction of sp³-hybridized carbons (Fsp3) is 0.519. The number of aliphatic hydroxyl groups is 1. The number of alkyl halides is 9. The van der Waals surface area contributed by atoms with Crippen molar-refractivity contribution < 1.29 is 63.4 Å². The van der Waals surface area contributed by atoms with E-state index in [2.05, 4.69) is 70.9 Å². The number of phenolic OH excluding ortho intramolecular Hbond substituents is 1. The molecular formula is C27H31CoF9N2O2. The maximum Gasteiger partial charge on any atom is 0.440 e. The van der Waals surface area contributed by atoms with Crippen molar-refractivity contribution in [1.29, 1.82) is 0 Å². The molecule has 1 saturated heterocycles. The van der Waals surface area contributed by atoms with Crippen LogP contribution in [0.1, 0.15) is 61.8 Å². The van der Waals surface area contributed by atoms with E-state index in [1.54, 1.807) is 0 Å². The summed E-state index contributed by atoms with van der Waals surface area (Å²) in [4.78, 5) is 2.22. The number of hydrogen-bond donors (Lipinski definition) is 4. The summed E-state index contributed by atoms with van der Waals surface area (Å²) in [6.07, 6.45) is -15.4. The Bertz CT molecular complexity index is 1190. The summed E-state index contributed by atoms with van der Waals surface area (Å²) < 4.78 is 111. The number of aromatic hydroxyl groups is 1. The van der Waals surface area contributed by atoms with Gasteiger partial charge in [-0.25, -0.2) is 4.39 Å². The predicted octanol–water partition coefficient (Wildman–Crippen LogP) is 6.53. The molecule has 0 radical (unpaired) electrons. The van der Waals surface area contributed by atoms with Crippen molar-refractivity contribution in [3.63, 3.8) is 0 Å². The van der Waals surface area contributed by atoms with Gasteiger partial charge in [-0.15, -0.1) is 0 Å². The molecule has 0 spiro atoms. The van der Waals surface area contributed by atoms with Gasteiger partial charge in [0.15, 0.2) is 0 Å². The Labute approximate surface area is 235 Å². The van der Waals surface area contributed by atoms with Crippen LogP contribution in [-0.4, -0.2) is 51.4 Å². The molecule has 14 heteroatoms. The first kappa shape index (κ1) is 33.4. The van der Waals surface area contributed by atoms with Crippen molar-refractivity contribution >= 4 is 4.96 Å². The Balaban J connectivity index is 0.000000282. The summed E-state index contributed by atoms with van der Waals surface area (Å²) >= 11 is -0.562. The summed E-state index contributed by atoms with van der Waals surface area (Å²) in [7, 11) is 0. The van der Waals surface area contributed by atoms with E-state index in [-0.39, 0.29) is 5.41 Å². The molecule has 1 heterocycles. The van der Waals surface area contributed by atoms with Crippen LogP contribution in [-0.2, 0) is 19.1 Å². The molecule has 41 heavy (non-hydrogen) atoms. The van der Waals surface area contributed by atoms with Gasteiger partial charge >= 0.3 is 191 Å². The Morgan fingerprint density at radius 2 is 1.32 bits per heavy atom. The number of halogens is 9. The summed E-state index contributed by atoms with van der Waals surface area (Å²) in [6, 6.07) is 15.9. The van der Waals surface area contributed by atoms with Gasteiger partial charge in [-0.3, -0.25) is 0 Å². The van der Waals surface area contributed by atoms with Crippen LogP contribution in [0.25, 0.3) is 0 Å². The second kappa shape index (κ2) is 11.9. The average Bonchev–Trinajstić information content (AvgIpc) is 3.26. The van der Waals surface area contributed by atoms with Gasteiger partial charge in [-0.05, 0) is 0 Å². The zero-order valence-corrected chi connectivity index (χ0v) is 23.3. The predicted molar refractivity (Wildman–Crippen MR) is 132 cm³/mol. The van der Waals surface area contributed by atoms with Gasteiger partial charge in [0, 0.05) is 0 Å². The van der Waals surface area contributed by atoms with Crippen molar-refractivity contribution in [2.45, 2.75) is 88.1 Å². The number of benzene rings is 2. The fourth-order valence-electron chi connectivity index (χ4n) is 4.68. The van der Waals surface area contributed by atoms with Gasteiger partial charge in [-0.1, -0.05) is 0 Å². The largest absolute Gasteiger partial charge is 0.440 e. The van der Waals surface area contributed by atoms with Gasteiger partial charge in [0.2, 0.25) is 0 Å². The zero-order valence-electron chi connectivity index (χ0n) is 22.2. The van der Waals surface area contributed by atoms with E-state index in [1.807, 2.05) is 6.07 Å². The van der Waals surface area contributed by atoms with E-state index in [1.165, 1.54) is 36.8 Å². The number of rotatable bonds is 4. The smallest absolute Gasteiger partial charge is 0.333 e. The van der Waals surface area contributed by atoms with E-state index in [0.29, 0.717) is 17.8 Å². The second-order valence-electron chi connectivity index (χ2n) is 10.5. The van der Waals surface area contributed by atoms with Crippen LogP contribution in [0.5, 0.6) is 5.75 Å². The van der Waals surface area contributed by atoms with Crippen LogP contribution >= 0.6 is 0 Å². The molecule has 1 aliphatic heterocycles. The summed E-state index contributed by atoms with van der Waals surface area (Å²) in [5, 5.41) is 18.4. The minimum atomic E-state index is -6.97. The quantitative estimate of drug-likeness (QED) is 0.286. The third-order valence-corrected chi connectivity index (χ3v) is 9.11. The first-order chi connectivity index (χ1) is 18.7. The second-order valence-corrected chi connectivity index (χ2v) is 12.3. The standard InChI is InChI=1S/C17H18O.C6H12N2.C4HF9O.Co/c1-12-10-13(2)16(18)15(11-12)17(3,4)14-8-6-5-7-9-14;7-5-3-1-2-4-6(5)8;5-1(2(6,7)8,3(9,10)11)4(12,13)14;/h2,5-11,18H,1,3-4H3;5-8H,1-4H2;14H;/q;-2;;+2. The third-order valence-electron chi connectivity index (χ3n) is 7.07. The van der Waals surface area contributed by atoms with Crippen molar-refractivity contribution in [2.24, 2.45) is 0 Å². The molecule has 0 bridgehead atoms. The van der Waals surface area contributed by atoms with Gasteiger partial charge in [-0.2, -0.15) is 35.1 Å². The molecular weight excluding hydrogens is 614 g/mol. The van der Waals surface area contributed by atoms with Crippen molar-refractivity contribution in [3.8, 4) is 5.75 Å². The first-order valence-electron chi connectivity index (χ1n) is 12.5. The topological polar surface area (TPSA) is 64.5 Å². The molecule has 233 valence electrons. The summed E-state index contributed by atoms with van der Waals surface area (Å²) in [5.41, 5.74) is -2.89. The van der Waals surface area contributed by atoms with Crippen LogP contribution in [0.3, 0.4) is 0 Å². The molecule has 4 nitrogen and oxygen atoms in total. The van der Waals surface area contributed by atoms with Gasteiger partial charge in [0.25, 0.3) is 0 Å². The molecule has 0 amide bonds. The van der Waals surface area contributed by atoms with Crippen molar-refractivity contribution in [1.82, 2.24) is 8.73 Å². The molecule has 1 aliphatic carbocycles. The zero-order chi connectivity index (χ0) is 31.0. The van der Waals surface area contributed by atoms with Crippen LogP contribution in [0, 0.1) is 6.92 Å². The summed E-state index contributed by atoms with van der Waals surface area (Å²) in [6.45, 7) is 6.49.